The molecular formula is C16H16INO. The monoisotopic (exact) mass is 365 g/mol. The highest BCUT2D eigenvalue weighted by Gasteiger charge is 2.04. The summed E-state index contributed by atoms with van der Waals surface area (Å²) >= 11 is 2.26. The van der Waals surface area contributed by atoms with Gasteiger partial charge in [0.05, 0.1) is 0 Å². The number of anilines is 1. The molecule has 98 valence electrons. The lowest BCUT2D eigenvalue weighted by atomic mass is 10.0. The van der Waals surface area contributed by atoms with E-state index in [0.717, 1.165) is 23.2 Å². The molecule has 0 heterocycles. The maximum Gasteiger partial charge on any atom is 0.137 e. The summed E-state index contributed by atoms with van der Waals surface area (Å²) in [5, 5.41) is 0. The molecule has 0 aliphatic heterocycles. The summed E-state index contributed by atoms with van der Waals surface area (Å²) in [5.41, 5.74) is 8.67. The second-order valence-corrected chi connectivity index (χ2v) is 5.83. The molecule has 0 aliphatic carbocycles. The van der Waals surface area contributed by atoms with Gasteiger partial charge in [-0.3, -0.25) is 4.79 Å². The summed E-state index contributed by atoms with van der Waals surface area (Å²) < 4.78 is 1.19. The van der Waals surface area contributed by atoms with Crippen LogP contribution in [0.1, 0.15) is 17.5 Å². The average Bonchev–Trinajstić information content (AvgIpc) is 2.39. The number of halogens is 1. The first-order valence-corrected chi connectivity index (χ1v) is 7.32. The molecule has 2 rings (SSSR count). The number of benzene rings is 2. The summed E-state index contributed by atoms with van der Waals surface area (Å²) in [4.78, 5) is 11.9. The lowest BCUT2D eigenvalue weighted by Crippen LogP contribution is -2.04. The molecule has 2 aromatic carbocycles. The number of nitrogen functional groups attached to an aromatic ring is 1. The van der Waals surface area contributed by atoms with Gasteiger partial charge < -0.3 is 5.73 Å². The quantitative estimate of drug-likeness (QED) is 0.650. The Morgan fingerprint density at radius 2 is 1.79 bits per heavy atom. The van der Waals surface area contributed by atoms with Crippen molar-refractivity contribution in [2.75, 3.05) is 5.73 Å². The van der Waals surface area contributed by atoms with Gasteiger partial charge in [-0.25, -0.2) is 0 Å². The van der Waals surface area contributed by atoms with E-state index in [4.69, 9.17) is 5.73 Å². The van der Waals surface area contributed by atoms with E-state index in [1.165, 1.54) is 3.57 Å². The van der Waals surface area contributed by atoms with Gasteiger partial charge in [-0.2, -0.15) is 0 Å². The molecule has 2 nitrogen and oxygen atoms in total. The van der Waals surface area contributed by atoms with Crippen molar-refractivity contribution in [2.24, 2.45) is 0 Å². The average molecular weight is 365 g/mol. The fourth-order valence-electron chi connectivity index (χ4n) is 1.95. The zero-order valence-corrected chi connectivity index (χ0v) is 12.8. The van der Waals surface area contributed by atoms with Gasteiger partial charge in [0.15, 0.2) is 0 Å². The van der Waals surface area contributed by atoms with Crippen molar-refractivity contribution < 1.29 is 4.79 Å². The minimum atomic E-state index is 0.267. The molecule has 2 N–H and O–H groups in total. The van der Waals surface area contributed by atoms with Crippen molar-refractivity contribution in [3.63, 3.8) is 0 Å². The molecule has 0 atom stereocenters. The topological polar surface area (TPSA) is 43.1 Å². The summed E-state index contributed by atoms with van der Waals surface area (Å²) in [7, 11) is 0. The van der Waals surface area contributed by atoms with E-state index in [1.54, 1.807) is 0 Å². The van der Waals surface area contributed by atoms with Crippen molar-refractivity contribution in [1.29, 1.82) is 0 Å². The number of ketones is 1. The first-order chi connectivity index (χ1) is 9.13. The Balaban J connectivity index is 1.86. The Morgan fingerprint density at radius 1 is 1.05 bits per heavy atom. The van der Waals surface area contributed by atoms with Crippen molar-refractivity contribution in [2.45, 2.75) is 19.3 Å². The highest BCUT2D eigenvalue weighted by atomic mass is 127. The smallest absolute Gasteiger partial charge is 0.137 e. The molecule has 0 fully saturated rings. The zero-order valence-electron chi connectivity index (χ0n) is 10.6. The Labute approximate surface area is 127 Å². The number of aryl methyl sites for hydroxylation is 1. The molecule has 0 bridgehead atoms. The normalized spacial score (nSPS) is 10.4. The van der Waals surface area contributed by atoms with E-state index in [1.807, 2.05) is 48.5 Å². The van der Waals surface area contributed by atoms with Crippen LogP contribution >= 0.6 is 22.6 Å². The van der Waals surface area contributed by atoms with Gasteiger partial charge in [-0.05, 0) is 64.4 Å². The maximum absolute atomic E-state index is 11.9. The molecule has 0 aromatic heterocycles. The lowest BCUT2D eigenvalue weighted by molar-refractivity contribution is -0.118. The van der Waals surface area contributed by atoms with E-state index in [0.29, 0.717) is 12.8 Å². The van der Waals surface area contributed by atoms with Crippen LogP contribution in [0.3, 0.4) is 0 Å². The van der Waals surface area contributed by atoms with E-state index in [-0.39, 0.29) is 5.78 Å². The predicted octanol–water partition coefficient (Wildman–Crippen LogP) is 3.62. The van der Waals surface area contributed by atoms with Crippen LogP contribution in [0, 0.1) is 3.57 Å². The van der Waals surface area contributed by atoms with E-state index < -0.39 is 0 Å². The fourth-order valence-corrected chi connectivity index (χ4v) is 2.31. The number of hydrogen-bond donors (Lipinski definition) is 1. The van der Waals surface area contributed by atoms with Gasteiger partial charge >= 0.3 is 0 Å². The largest absolute Gasteiger partial charge is 0.399 e. The molecule has 19 heavy (non-hydrogen) atoms. The fraction of sp³-hybridized carbons (Fsp3) is 0.188. The van der Waals surface area contributed by atoms with Gasteiger partial charge in [0.1, 0.15) is 5.78 Å². The second-order valence-electron chi connectivity index (χ2n) is 4.59. The minimum absolute atomic E-state index is 0.267. The van der Waals surface area contributed by atoms with Crippen LogP contribution in [0.15, 0.2) is 48.5 Å². The van der Waals surface area contributed by atoms with Gasteiger partial charge in [0.2, 0.25) is 0 Å². The third-order valence-corrected chi connectivity index (χ3v) is 3.68. The highest BCUT2D eigenvalue weighted by Crippen LogP contribution is 2.11. The molecule has 3 heteroatoms. The lowest BCUT2D eigenvalue weighted by Gasteiger charge is -2.03. The molecule has 0 saturated heterocycles. The molecule has 0 saturated carbocycles. The van der Waals surface area contributed by atoms with Crippen LogP contribution in [0.2, 0.25) is 0 Å². The van der Waals surface area contributed by atoms with Gasteiger partial charge in [-0.15, -0.1) is 0 Å². The first-order valence-electron chi connectivity index (χ1n) is 6.24. The third-order valence-electron chi connectivity index (χ3n) is 2.96. The zero-order chi connectivity index (χ0) is 13.7. The van der Waals surface area contributed by atoms with E-state index in [2.05, 4.69) is 22.6 Å². The Bertz CT molecular complexity index is 563. The Morgan fingerprint density at radius 3 is 2.47 bits per heavy atom. The van der Waals surface area contributed by atoms with Crippen molar-refractivity contribution in [1.82, 2.24) is 0 Å². The van der Waals surface area contributed by atoms with Crippen LogP contribution in [-0.2, 0) is 17.6 Å². The van der Waals surface area contributed by atoms with Gasteiger partial charge in [0, 0.05) is 22.1 Å². The summed E-state index contributed by atoms with van der Waals surface area (Å²) in [6.07, 6.45) is 1.84. The number of hydrogen-bond acceptors (Lipinski definition) is 2. The third kappa shape index (κ3) is 4.67. The van der Waals surface area contributed by atoms with Crippen molar-refractivity contribution in [3.05, 3.63) is 63.2 Å². The molecule has 2 aromatic rings. The van der Waals surface area contributed by atoms with Crippen LogP contribution in [0.4, 0.5) is 5.69 Å². The van der Waals surface area contributed by atoms with Crippen molar-refractivity contribution >= 4 is 34.1 Å². The molecule has 0 spiro atoms. The minimum Gasteiger partial charge on any atom is -0.399 e. The molecule has 0 radical (unpaired) electrons. The number of carbonyl (C=O) groups is 1. The molecule has 0 unspecified atom stereocenters. The van der Waals surface area contributed by atoms with Crippen LogP contribution in [0.25, 0.3) is 0 Å². The number of nitrogens with two attached hydrogens (primary N) is 1. The molecule has 0 aliphatic rings. The number of Topliss-reactive ketones (excluding diaryl/α,β-unsaturated/α-hetero) is 1. The summed E-state index contributed by atoms with van der Waals surface area (Å²) in [5.74, 6) is 0.267. The number of carbonyl (C=O) groups excluding carboxylic acids is 1. The van der Waals surface area contributed by atoms with Crippen LogP contribution in [0.5, 0.6) is 0 Å². The van der Waals surface area contributed by atoms with E-state index >= 15 is 0 Å². The second kappa shape index (κ2) is 6.70. The van der Waals surface area contributed by atoms with Gasteiger partial charge in [-0.1, -0.05) is 24.3 Å². The van der Waals surface area contributed by atoms with E-state index in [9.17, 15) is 4.79 Å². The molecule has 0 amide bonds. The molecular weight excluding hydrogens is 349 g/mol. The predicted molar refractivity (Wildman–Crippen MR) is 87.0 cm³/mol. The van der Waals surface area contributed by atoms with Crippen LogP contribution in [-0.4, -0.2) is 5.78 Å². The Hall–Kier alpha value is -1.36. The number of rotatable bonds is 5. The first kappa shape index (κ1) is 14.1. The maximum atomic E-state index is 11.9. The van der Waals surface area contributed by atoms with Crippen molar-refractivity contribution in [3.8, 4) is 0 Å². The Kier molecular flexibility index (Phi) is 4.96. The highest BCUT2D eigenvalue weighted by molar-refractivity contribution is 14.1. The van der Waals surface area contributed by atoms with Gasteiger partial charge in [0.25, 0.3) is 0 Å². The standard InChI is InChI=1S/C16H16INO/c17-14-7-4-13(5-8-14)11-16(19)9-6-12-2-1-3-15(18)10-12/h1-5,7-8,10H,6,9,11,18H2. The van der Waals surface area contributed by atoms with Crippen LogP contribution < -0.4 is 5.73 Å². The summed E-state index contributed by atoms with van der Waals surface area (Å²) in [6.45, 7) is 0. The SMILES string of the molecule is Nc1cccc(CCC(=O)Cc2ccc(I)cc2)c1. The summed E-state index contributed by atoms with van der Waals surface area (Å²) in [6, 6.07) is 15.8.